The lowest BCUT2D eigenvalue weighted by Gasteiger charge is -2.16. The number of aryl methyl sites for hydroxylation is 1. The van der Waals surface area contributed by atoms with Gasteiger partial charge in [0.05, 0.1) is 11.9 Å². The van der Waals surface area contributed by atoms with E-state index in [4.69, 9.17) is 4.74 Å². The smallest absolute Gasteiger partial charge is 0.283 e. The molecule has 1 rings (SSSR count). The molecule has 1 atom stereocenters. The first-order valence-corrected chi connectivity index (χ1v) is 7.40. The molecule has 1 N–H and O–H groups in total. The van der Waals surface area contributed by atoms with E-state index in [-0.39, 0.29) is 11.6 Å². The van der Waals surface area contributed by atoms with Crippen molar-refractivity contribution in [2.45, 2.75) is 45.7 Å². The van der Waals surface area contributed by atoms with Gasteiger partial charge in [0.25, 0.3) is 5.56 Å². The van der Waals surface area contributed by atoms with Crippen LogP contribution < -0.4 is 10.9 Å². The molecule has 0 fully saturated rings. The summed E-state index contributed by atoms with van der Waals surface area (Å²) >= 11 is 3.35. The van der Waals surface area contributed by atoms with E-state index < -0.39 is 0 Å². The Hall–Kier alpha value is -0.880. The molecular formula is C13H22BrN3O2. The van der Waals surface area contributed by atoms with Crippen molar-refractivity contribution in [2.24, 2.45) is 0 Å². The number of ether oxygens (including phenoxy) is 1. The van der Waals surface area contributed by atoms with Crippen LogP contribution in [0.2, 0.25) is 0 Å². The number of aromatic nitrogens is 2. The number of hydrogen-bond acceptors (Lipinski definition) is 4. The predicted octanol–water partition coefficient (Wildman–Crippen LogP) is 2.64. The highest BCUT2D eigenvalue weighted by molar-refractivity contribution is 9.10. The molecule has 6 heteroatoms. The van der Waals surface area contributed by atoms with Crippen LogP contribution >= 0.6 is 15.9 Å². The van der Waals surface area contributed by atoms with Gasteiger partial charge in [-0.3, -0.25) is 4.79 Å². The molecule has 0 bridgehead atoms. The summed E-state index contributed by atoms with van der Waals surface area (Å²) < 4.78 is 7.08. The van der Waals surface area contributed by atoms with Crippen molar-refractivity contribution in [3.8, 4) is 0 Å². The molecule has 1 heterocycles. The van der Waals surface area contributed by atoms with Gasteiger partial charge >= 0.3 is 0 Å². The molecule has 1 aromatic rings. The first kappa shape index (κ1) is 16.2. The molecule has 1 unspecified atom stereocenters. The van der Waals surface area contributed by atoms with Crippen molar-refractivity contribution in [1.29, 1.82) is 0 Å². The van der Waals surface area contributed by atoms with E-state index >= 15 is 0 Å². The lowest BCUT2D eigenvalue weighted by atomic mass is 10.2. The Labute approximate surface area is 122 Å². The van der Waals surface area contributed by atoms with Crippen molar-refractivity contribution in [1.82, 2.24) is 9.78 Å². The number of methoxy groups -OCH3 is 1. The first-order valence-electron chi connectivity index (χ1n) is 6.61. The second-order valence-electron chi connectivity index (χ2n) is 4.58. The van der Waals surface area contributed by atoms with Crippen LogP contribution in [0, 0.1) is 0 Å². The lowest BCUT2D eigenvalue weighted by molar-refractivity contribution is 0.191. The number of anilines is 1. The Kier molecular flexibility index (Phi) is 7.09. The minimum Gasteiger partial charge on any atom is -0.385 e. The molecule has 0 aliphatic carbocycles. The highest BCUT2D eigenvalue weighted by Gasteiger charge is 2.10. The van der Waals surface area contributed by atoms with Gasteiger partial charge < -0.3 is 10.1 Å². The molecule has 0 saturated heterocycles. The number of rotatable bonds is 8. The fourth-order valence-corrected chi connectivity index (χ4v) is 2.09. The van der Waals surface area contributed by atoms with Gasteiger partial charge in [-0.15, -0.1) is 0 Å². The first-order chi connectivity index (χ1) is 9.10. The molecule has 0 saturated carbocycles. The van der Waals surface area contributed by atoms with Gasteiger partial charge in [0.2, 0.25) is 0 Å². The van der Waals surface area contributed by atoms with Crippen molar-refractivity contribution in [2.75, 3.05) is 19.0 Å². The van der Waals surface area contributed by atoms with Crippen molar-refractivity contribution in [3.05, 3.63) is 21.0 Å². The van der Waals surface area contributed by atoms with Gasteiger partial charge in [-0.2, -0.15) is 5.10 Å². The van der Waals surface area contributed by atoms with E-state index in [0.717, 1.165) is 24.9 Å². The second kappa shape index (κ2) is 8.32. The van der Waals surface area contributed by atoms with Crippen LogP contribution in [0.4, 0.5) is 5.69 Å². The predicted molar refractivity (Wildman–Crippen MR) is 80.7 cm³/mol. The zero-order chi connectivity index (χ0) is 14.3. The molecule has 108 valence electrons. The third-order valence-corrected chi connectivity index (χ3v) is 3.63. The van der Waals surface area contributed by atoms with Crippen LogP contribution in [0.25, 0.3) is 0 Å². The molecule has 19 heavy (non-hydrogen) atoms. The Balaban J connectivity index is 2.75. The maximum Gasteiger partial charge on any atom is 0.283 e. The zero-order valence-electron chi connectivity index (χ0n) is 11.8. The van der Waals surface area contributed by atoms with Gasteiger partial charge in [-0.05, 0) is 35.7 Å². The summed E-state index contributed by atoms with van der Waals surface area (Å²) in [5, 5.41) is 7.46. The summed E-state index contributed by atoms with van der Waals surface area (Å²) in [4.78, 5) is 12.1. The van der Waals surface area contributed by atoms with Gasteiger partial charge in [0.1, 0.15) is 4.47 Å². The van der Waals surface area contributed by atoms with Crippen LogP contribution in [-0.2, 0) is 11.3 Å². The number of nitrogens with one attached hydrogen (secondary N) is 1. The average molecular weight is 332 g/mol. The van der Waals surface area contributed by atoms with Crippen molar-refractivity contribution >= 4 is 21.6 Å². The van der Waals surface area contributed by atoms with E-state index in [1.807, 2.05) is 6.92 Å². The van der Waals surface area contributed by atoms with E-state index in [2.05, 4.69) is 33.3 Å². The molecule has 5 nitrogen and oxygen atoms in total. The third kappa shape index (κ3) is 4.95. The van der Waals surface area contributed by atoms with Gasteiger partial charge in [-0.1, -0.05) is 13.3 Å². The summed E-state index contributed by atoms with van der Waals surface area (Å²) in [6.45, 7) is 5.49. The summed E-state index contributed by atoms with van der Waals surface area (Å²) in [6, 6.07) is 0.226. The van der Waals surface area contributed by atoms with E-state index in [1.165, 1.54) is 4.68 Å². The second-order valence-corrected chi connectivity index (χ2v) is 5.37. The van der Waals surface area contributed by atoms with Crippen LogP contribution in [0.3, 0.4) is 0 Å². The summed E-state index contributed by atoms with van der Waals surface area (Å²) in [6.07, 6.45) is 4.57. The molecule has 0 spiro atoms. The molecule has 0 radical (unpaired) electrons. The monoisotopic (exact) mass is 331 g/mol. The van der Waals surface area contributed by atoms with Crippen LogP contribution in [-0.4, -0.2) is 29.5 Å². The quantitative estimate of drug-likeness (QED) is 0.795. The average Bonchev–Trinajstić information content (AvgIpc) is 2.41. The third-order valence-electron chi connectivity index (χ3n) is 2.87. The molecule has 0 aliphatic rings. The fraction of sp³-hybridized carbons (Fsp3) is 0.692. The molecule has 0 aliphatic heterocycles. The van der Waals surface area contributed by atoms with Crippen molar-refractivity contribution in [3.63, 3.8) is 0 Å². The summed E-state index contributed by atoms with van der Waals surface area (Å²) in [5.41, 5.74) is 0.652. The molecule has 1 aromatic heterocycles. The highest BCUT2D eigenvalue weighted by atomic mass is 79.9. The van der Waals surface area contributed by atoms with E-state index in [1.54, 1.807) is 13.3 Å². The molecule has 0 aromatic carbocycles. The van der Waals surface area contributed by atoms with Gasteiger partial charge in [-0.25, -0.2) is 4.68 Å². The highest BCUT2D eigenvalue weighted by Crippen LogP contribution is 2.17. The minimum atomic E-state index is -0.0857. The SMILES string of the molecule is CCCCn1ncc(NC(C)CCOC)c(Br)c1=O. The van der Waals surface area contributed by atoms with Crippen molar-refractivity contribution < 1.29 is 4.74 Å². The number of nitrogens with zero attached hydrogens (tertiary/aromatic N) is 2. The van der Waals surface area contributed by atoms with E-state index in [0.29, 0.717) is 17.6 Å². The molecule has 0 amide bonds. The Morgan fingerprint density at radius 2 is 2.32 bits per heavy atom. The maximum atomic E-state index is 12.1. The van der Waals surface area contributed by atoms with Crippen LogP contribution in [0.15, 0.2) is 15.5 Å². The van der Waals surface area contributed by atoms with E-state index in [9.17, 15) is 4.79 Å². The Morgan fingerprint density at radius 3 is 2.95 bits per heavy atom. The van der Waals surface area contributed by atoms with Crippen LogP contribution in [0.1, 0.15) is 33.1 Å². The van der Waals surface area contributed by atoms with Gasteiger partial charge in [0.15, 0.2) is 0 Å². The maximum absolute atomic E-state index is 12.1. The summed E-state index contributed by atoms with van der Waals surface area (Å²) in [5.74, 6) is 0. The van der Waals surface area contributed by atoms with Crippen LogP contribution in [0.5, 0.6) is 0 Å². The molecular weight excluding hydrogens is 310 g/mol. The lowest BCUT2D eigenvalue weighted by Crippen LogP contribution is -2.26. The minimum absolute atomic E-state index is 0.0857. The Bertz CT molecular complexity index is 448. The number of unbranched alkanes of at least 4 members (excludes halogenated alkanes) is 1. The largest absolute Gasteiger partial charge is 0.385 e. The normalized spacial score (nSPS) is 12.4. The summed E-state index contributed by atoms with van der Waals surface area (Å²) in [7, 11) is 1.68. The zero-order valence-corrected chi connectivity index (χ0v) is 13.4. The number of halogens is 1. The topological polar surface area (TPSA) is 56.1 Å². The number of hydrogen-bond donors (Lipinski definition) is 1. The fourth-order valence-electron chi connectivity index (χ4n) is 1.67. The van der Waals surface area contributed by atoms with Gasteiger partial charge in [0, 0.05) is 26.3 Å². The Morgan fingerprint density at radius 1 is 1.58 bits per heavy atom. The standard InChI is InChI=1S/C13H22BrN3O2/c1-4-5-7-17-13(18)12(14)11(9-15-17)16-10(2)6-8-19-3/h9-10,16H,4-8H2,1-3H3.